The third kappa shape index (κ3) is 2.85. The smallest absolute Gasteiger partial charge is 0.221 e. The zero-order valence-corrected chi connectivity index (χ0v) is 12.8. The molecule has 0 fully saturated rings. The van der Waals surface area contributed by atoms with Crippen molar-refractivity contribution in [2.24, 2.45) is 0 Å². The zero-order valence-electron chi connectivity index (χ0n) is 12.8. The molecule has 6 nitrogen and oxygen atoms in total. The van der Waals surface area contributed by atoms with Crippen LogP contribution in [0.4, 0.5) is 0 Å². The van der Waals surface area contributed by atoms with E-state index in [4.69, 9.17) is 0 Å². The maximum Gasteiger partial charge on any atom is 0.331 e. The Bertz CT molecular complexity index is 842. The molecule has 0 saturated carbocycles. The van der Waals surface area contributed by atoms with Crippen LogP contribution in [0.2, 0.25) is 0 Å². The van der Waals surface area contributed by atoms with E-state index in [1.165, 1.54) is 0 Å². The predicted octanol–water partition coefficient (Wildman–Crippen LogP) is 1.49. The number of aromatic nitrogens is 6. The van der Waals surface area contributed by atoms with Crippen molar-refractivity contribution in [1.82, 2.24) is 19.9 Å². The maximum atomic E-state index is 4.23. The van der Waals surface area contributed by atoms with Crippen LogP contribution in [-0.2, 0) is 0 Å². The second-order valence-corrected chi connectivity index (χ2v) is 5.12. The third-order valence-corrected chi connectivity index (χ3v) is 3.65. The quantitative estimate of drug-likeness (QED) is 0.538. The molecule has 0 aliphatic rings. The minimum atomic E-state index is 0.839. The third-order valence-electron chi connectivity index (χ3n) is 3.65. The van der Waals surface area contributed by atoms with Crippen molar-refractivity contribution in [3.8, 4) is 22.8 Å². The lowest BCUT2D eigenvalue weighted by atomic mass is 10.1. The molecule has 114 valence electrons. The highest BCUT2D eigenvalue weighted by atomic mass is 15.1. The molecule has 4 aromatic rings. The summed E-state index contributed by atoms with van der Waals surface area (Å²) in [5, 5.41) is 0. The fourth-order valence-corrected chi connectivity index (χ4v) is 2.42. The Kier molecular flexibility index (Phi) is 3.69. The minimum absolute atomic E-state index is 0.839. The number of pyridine rings is 2. The number of nitrogens with zero attached hydrogens (tertiary/aromatic N) is 6. The summed E-state index contributed by atoms with van der Waals surface area (Å²) in [6.07, 6.45) is 14.5. The second kappa shape index (κ2) is 6.29. The van der Waals surface area contributed by atoms with E-state index in [2.05, 4.69) is 44.2 Å². The molecule has 4 rings (SSSR count). The minimum Gasteiger partial charge on any atom is -0.221 e. The first-order valence-corrected chi connectivity index (χ1v) is 7.46. The second-order valence-electron chi connectivity index (χ2n) is 5.12. The Balaban J connectivity index is 1.60. The molecule has 0 saturated heterocycles. The van der Waals surface area contributed by atoms with E-state index in [1.54, 1.807) is 25.0 Å². The lowest BCUT2D eigenvalue weighted by Gasteiger charge is -2.02. The van der Waals surface area contributed by atoms with Crippen molar-refractivity contribution in [2.75, 3.05) is 0 Å². The Morgan fingerprint density at radius 3 is 1.29 bits per heavy atom. The van der Waals surface area contributed by atoms with Gasteiger partial charge in [-0.25, -0.2) is 19.1 Å². The summed E-state index contributed by atoms with van der Waals surface area (Å²) in [6.45, 7) is 0. The van der Waals surface area contributed by atoms with Crippen LogP contribution in [0.3, 0.4) is 0 Å². The van der Waals surface area contributed by atoms with Gasteiger partial charge in [-0.05, 0) is 45.4 Å². The summed E-state index contributed by atoms with van der Waals surface area (Å²) < 4.78 is 3.91. The summed E-state index contributed by atoms with van der Waals surface area (Å²) in [7, 11) is 0. The van der Waals surface area contributed by atoms with Crippen LogP contribution < -0.4 is 9.13 Å². The highest BCUT2D eigenvalue weighted by Gasteiger charge is 2.08. The summed E-state index contributed by atoms with van der Waals surface area (Å²) in [4.78, 5) is 16.3. The van der Waals surface area contributed by atoms with Crippen molar-refractivity contribution < 1.29 is 9.13 Å². The van der Waals surface area contributed by atoms with Gasteiger partial charge < -0.3 is 0 Å². The SMILES string of the molecule is c1cc(-[n+]2ccc(-c3cc[n+](-c4ccncn4)cc3)cc2)ncn1. The molecule has 0 aliphatic carbocycles. The van der Waals surface area contributed by atoms with Gasteiger partial charge in [-0.1, -0.05) is 0 Å². The van der Waals surface area contributed by atoms with Gasteiger partial charge in [0.15, 0.2) is 0 Å². The van der Waals surface area contributed by atoms with Crippen molar-refractivity contribution in [1.29, 1.82) is 0 Å². The van der Waals surface area contributed by atoms with Gasteiger partial charge in [-0.15, -0.1) is 0 Å². The average Bonchev–Trinajstić information content (AvgIpc) is 2.70. The average molecular weight is 314 g/mol. The van der Waals surface area contributed by atoms with E-state index in [1.807, 2.05) is 46.1 Å². The first-order chi connectivity index (χ1) is 11.9. The molecule has 0 radical (unpaired) electrons. The highest BCUT2D eigenvalue weighted by Crippen LogP contribution is 2.16. The van der Waals surface area contributed by atoms with Gasteiger partial charge in [0.05, 0.1) is 36.9 Å². The molecule has 4 heterocycles. The molecule has 0 amide bonds. The van der Waals surface area contributed by atoms with Gasteiger partial charge in [0.25, 0.3) is 0 Å². The van der Waals surface area contributed by atoms with Crippen LogP contribution in [0.1, 0.15) is 0 Å². The van der Waals surface area contributed by atoms with Crippen molar-refractivity contribution >= 4 is 0 Å². The van der Waals surface area contributed by atoms with E-state index in [0.29, 0.717) is 0 Å². The maximum absolute atomic E-state index is 4.23. The Hall–Kier alpha value is -3.54. The van der Waals surface area contributed by atoms with Gasteiger partial charge in [-0.3, -0.25) is 0 Å². The lowest BCUT2D eigenvalue weighted by molar-refractivity contribution is -0.600. The topological polar surface area (TPSA) is 59.3 Å². The molecule has 0 aliphatic heterocycles. The molecule has 0 spiro atoms. The van der Waals surface area contributed by atoms with Gasteiger partial charge >= 0.3 is 11.6 Å². The fourth-order valence-electron chi connectivity index (χ4n) is 2.42. The number of rotatable bonds is 3. The monoisotopic (exact) mass is 314 g/mol. The molecule has 6 heteroatoms. The summed E-state index contributed by atoms with van der Waals surface area (Å²) in [5.74, 6) is 1.68. The Morgan fingerprint density at radius 1 is 0.542 bits per heavy atom. The zero-order chi connectivity index (χ0) is 16.2. The van der Waals surface area contributed by atoms with Crippen LogP contribution in [0, 0.1) is 0 Å². The van der Waals surface area contributed by atoms with E-state index in [9.17, 15) is 0 Å². The van der Waals surface area contributed by atoms with Crippen LogP contribution in [0.15, 0.2) is 86.2 Å². The molecular weight excluding hydrogens is 300 g/mol. The first-order valence-electron chi connectivity index (χ1n) is 7.46. The molecule has 4 aromatic heterocycles. The van der Waals surface area contributed by atoms with Gasteiger partial charge in [0.1, 0.15) is 0 Å². The number of hydrogen-bond acceptors (Lipinski definition) is 4. The van der Waals surface area contributed by atoms with E-state index < -0.39 is 0 Å². The molecule has 0 atom stereocenters. The molecule has 0 bridgehead atoms. The lowest BCUT2D eigenvalue weighted by Crippen LogP contribution is -2.31. The standard InChI is InChI=1S/C18H14N6/c1-7-19-13-21-17(1)23-9-3-15(4-10-23)16-5-11-24(12-6-16)18-2-8-20-14-22-18/h1-14H/q+2. The van der Waals surface area contributed by atoms with Crippen LogP contribution in [0.25, 0.3) is 22.8 Å². The fraction of sp³-hybridized carbons (Fsp3) is 0. The van der Waals surface area contributed by atoms with Gasteiger partial charge in [0, 0.05) is 12.4 Å². The molecule has 0 unspecified atom stereocenters. The van der Waals surface area contributed by atoms with Crippen molar-refractivity contribution in [2.45, 2.75) is 0 Å². The van der Waals surface area contributed by atoms with Crippen molar-refractivity contribution in [3.63, 3.8) is 0 Å². The first kappa shape index (κ1) is 14.1. The molecule has 24 heavy (non-hydrogen) atoms. The van der Waals surface area contributed by atoms with Gasteiger partial charge in [-0.2, -0.15) is 0 Å². The molecule has 0 N–H and O–H groups in total. The van der Waals surface area contributed by atoms with Gasteiger partial charge in [0.2, 0.25) is 12.7 Å². The van der Waals surface area contributed by atoms with Crippen LogP contribution in [0.5, 0.6) is 0 Å². The van der Waals surface area contributed by atoms with E-state index >= 15 is 0 Å². The van der Waals surface area contributed by atoms with E-state index in [0.717, 1.165) is 22.8 Å². The molecular formula is C18H14N6+2. The largest absolute Gasteiger partial charge is 0.331 e. The Morgan fingerprint density at radius 2 is 0.958 bits per heavy atom. The van der Waals surface area contributed by atoms with Crippen LogP contribution >= 0.6 is 0 Å². The normalized spacial score (nSPS) is 10.5. The van der Waals surface area contributed by atoms with E-state index in [-0.39, 0.29) is 0 Å². The van der Waals surface area contributed by atoms with Crippen molar-refractivity contribution in [3.05, 3.63) is 86.2 Å². The summed E-state index contributed by atoms with van der Waals surface area (Å²) in [5.41, 5.74) is 2.27. The highest BCUT2D eigenvalue weighted by molar-refractivity contribution is 5.61. The summed E-state index contributed by atoms with van der Waals surface area (Å²) >= 11 is 0. The molecule has 0 aromatic carbocycles. The summed E-state index contributed by atoms with van der Waals surface area (Å²) in [6, 6.07) is 12.0. The number of hydrogen-bond donors (Lipinski definition) is 0. The predicted molar refractivity (Wildman–Crippen MR) is 86.1 cm³/mol. The van der Waals surface area contributed by atoms with Crippen LogP contribution in [-0.4, -0.2) is 19.9 Å². The Labute approximate surface area is 138 Å².